The van der Waals surface area contributed by atoms with Gasteiger partial charge in [-0.2, -0.15) is 0 Å². The lowest BCUT2D eigenvalue weighted by atomic mass is 10.1. The van der Waals surface area contributed by atoms with Gasteiger partial charge in [0.05, 0.1) is 5.69 Å². The third-order valence-corrected chi connectivity index (χ3v) is 2.89. The van der Waals surface area contributed by atoms with Crippen LogP contribution < -0.4 is 4.90 Å². The Kier molecular flexibility index (Phi) is 3.90. The number of para-hydroxylation sites is 1. The second-order valence-electron chi connectivity index (χ2n) is 4.41. The summed E-state index contributed by atoms with van der Waals surface area (Å²) in [5, 5.41) is 0. The van der Waals surface area contributed by atoms with Crippen LogP contribution in [0.25, 0.3) is 0 Å². The number of anilines is 1. The van der Waals surface area contributed by atoms with E-state index in [1.165, 1.54) is 13.0 Å². The molecule has 0 fully saturated rings. The largest absolute Gasteiger partial charge is 0.367 e. The molecule has 0 radical (unpaired) electrons. The summed E-state index contributed by atoms with van der Waals surface area (Å²) in [5.41, 5.74) is 1.69. The Hall–Kier alpha value is -2.23. The van der Waals surface area contributed by atoms with Crippen molar-refractivity contribution in [2.45, 2.75) is 13.5 Å². The molecule has 0 saturated carbocycles. The fourth-order valence-corrected chi connectivity index (χ4v) is 2.03. The smallest absolute Gasteiger partial charge is 0.161 e. The zero-order valence-corrected chi connectivity index (χ0v) is 10.9. The number of hydrogen-bond acceptors (Lipinski definition) is 3. The zero-order chi connectivity index (χ0) is 13.8. The van der Waals surface area contributed by atoms with E-state index in [4.69, 9.17) is 0 Å². The SMILES string of the molecule is CC(=O)c1cccc(F)c1N(C)Cc1cccnc1. The van der Waals surface area contributed by atoms with E-state index in [1.54, 1.807) is 36.5 Å². The van der Waals surface area contributed by atoms with Gasteiger partial charge < -0.3 is 4.90 Å². The highest BCUT2D eigenvalue weighted by Crippen LogP contribution is 2.25. The van der Waals surface area contributed by atoms with Crippen LogP contribution in [0.15, 0.2) is 42.7 Å². The molecule has 1 aromatic carbocycles. The lowest BCUT2D eigenvalue weighted by Gasteiger charge is -2.22. The summed E-state index contributed by atoms with van der Waals surface area (Å²) >= 11 is 0. The minimum absolute atomic E-state index is 0.146. The second-order valence-corrected chi connectivity index (χ2v) is 4.41. The minimum Gasteiger partial charge on any atom is -0.367 e. The molecule has 0 atom stereocenters. The Bertz CT molecular complexity index is 584. The van der Waals surface area contributed by atoms with Crippen LogP contribution in [-0.2, 0) is 6.54 Å². The lowest BCUT2D eigenvalue weighted by Crippen LogP contribution is -2.20. The van der Waals surface area contributed by atoms with E-state index in [9.17, 15) is 9.18 Å². The summed E-state index contributed by atoms with van der Waals surface area (Å²) in [4.78, 5) is 17.3. The Labute approximate surface area is 111 Å². The predicted octanol–water partition coefficient (Wildman–Crippen LogP) is 3.06. The monoisotopic (exact) mass is 258 g/mol. The van der Waals surface area contributed by atoms with Crippen molar-refractivity contribution >= 4 is 11.5 Å². The van der Waals surface area contributed by atoms with Crippen molar-refractivity contribution in [3.8, 4) is 0 Å². The van der Waals surface area contributed by atoms with Crippen molar-refractivity contribution in [2.75, 3.05) is 11.9 Å². The zero-order valence-electron chi connectivity index (χ0n) is 10.9. The third-order valence-electron chi connectivity index (χ3n) is 2.89. The van der Waals surface area contributed by atoms with Crippen molar-refractivity contribution in [1.82, 2.24) is 4.98 Å². The highest BCUT2D eigenvalue weighted by molar-refractivity contribution is 5.99. The number of rotatable bonds is 4. The van der Waals surface area contributed by atoms with E-state index in [2.05, 4.69) is 4.98 Å². The van der Waals surface area contributed by atoms with Gasteiger partial charge in [-0.25, -0.2) is 4.39 Å². The summed E-state index contributed by atoms with van der Waals surface area (Å²) in [6.07, 6.45) is 3.42. The molecule has 0 bridgehead atoms. The number of pyridine rings is 1. The van der Waals surface area contributed by atoms with Crippen LogP contribution in [0.1, 0.15) is 22.8 Å². The molecule has 0 aliphatic heterocycles. The number of carbonyl (C=O) groups excluding carboxylic acids is 1. The molecule has 3 nitrogen and oxygen atoms in total. The van der Waals surface area contributed by atoms with Crippen molar-refractivity contribution in [3.63, 3.8) is 0 Å². The molecule has 2 rings (SSSR count). The van der Waals surface area contributed by atoms with E-state index in [-0.39, 0.29) is 11.6 Å². The molecule has 0 aliphatic rings. The van der Waals surface area contributed by atoms with E-state index < -0.39 is 0 Å². The minimum atomic E-state index is -0.390. The maximum atomic E-state index is 14.0. The number of carbonyl (C=O) groups is 1. The first-order valence-corrected chi connectivity index (χ1v) is 5.99. The molecule has 1 heterocycles. The molecule has 0 spiro atoms. The van der Waals surface area contributed by atoms with Crippen LogP contribution in [0.4, 0.5) is 10.1 Å². The van der Waals surface area contributed by atoms with Crippen molar-refractivity contribution in [1.29, 1.82) is 0 Å². The standard InChI is InChI=1S/C15H15FN2O/c1-11(19)13-6-3-7-14(16)15(13)18(2)10-12-5-4-8-17-9-12/h3-9H,10H2,1-2H3. The fraction of sp³-hybridized carbons (Fsp3) is 0.200. The molecule has 19 heavy (non-hydrogen) atoms. The van der Waals surface area contributed by atoms with Gasteiger partial charge in [-0.3, -0.25) is 9.78 Å². The molecule has 1 aromatic heterocycles. The summed E-state index contributed by atoms with van der Waals surface area (Å²) in [6.45, 7) is 1.94. The van der Waals surface area contributed by atoms with Gasteiger partial charge >= 0.3 is 0 Å². The Morgan fingerprint density at radius 2 is 2.11 bits per heavy atom. The van der Waals surface area contributed by atoms with Crippen molar-refractivity contribution in [2.24, 2.45) is 0 Å². The van der Waals surface area contributed by atoms with Crippen molar-refractivity contribution in [3.05, 3.63) is 59.7 Å². The number of ketones is 1. The molecular formula is C15H15FN2O. The van der Waals surface area contributed by atoms with Crippen LogP contribution in [0, 0.1) is 5.82 Å². The molecule has 0 aliphatic carbocycles. The topological polar surface area (TPSA) is 33.2 Å². The maximum Gasteiger partial charge on any atom is 0.161 e. The normalized spacial score (nSPS) is 10.3. The van der Waals surface area contributed by atoms with Gasteiger partial charge in [-0.15, -0.1) is 0 Å². The van der Waals surface area contributed by atoms with Gasteiger partial charge in [0.25, 0.3) is 0 Å². The van der Waals surface area contributed by atoms with Gasteiger partial charge in [0.2, 0.25) is 0 Å². The van der Waals surface area contributed by atoms with Gasteiger partial charge in [-0.1, -0.05) is 12.1 Å². The predicted molar refractivity (Wildman–Crippen MR) is 72.7 cm³/mol. The van der Waals surface area contributed by atoms with Crippen molar-refractivity contribution < 1.29 is 9.18 Å². The fourth-order valence-electron chi connectivity index (χ4n) is 2.03. The van der Waals surface area contributed by atoms with Gasteiger partial charge in [-0.05, 0) is 30.7 Å². The first-order valence-electron chi connectivity index (χ1n) is 5.99. The molecule has 4 heteroatoms. The van der Waals surface area contributed by atoms with E-state index in [0.717, 1.165) is 5.56 Å². The van der Waals surface area contributed by atoms with Crippen LogP contribution >= 0.6 is 0 Å². The summed E-state index contributed by atoms with van der Waals surface area (Å²) in [5.74, 6) is -0.536. The quantitative estimate of drug-likeness (QED) is 0.790. The lowest BCUT2D eigenvalue weighted by molar-refractivity contribution is 0.101. The number of hydrogen-bond donors (Lipinski definition) is 0. The maximum absolute atomic E-state index is 14.0. The van der Waals surface area contributed by atoms with Crippen LogP contribution in [0.5, 0.6) is 0 Å². The molecule has 0 amide bonds. The van der Waals surface area contributed by atoms with Crippen LogP contribution in [0.2, 0.25) is 0 Å². The van der Waals surface area contributed by atoms with Gasteiger partial charge in [0, 0.05) is 31.5 Å². The Morgan fingerprint density at radius 1 is 1.32 bits per heavy atom. The first-order chi connectivity index (χ1) is 9.09. The molecule has 98 valence electrons. The molecule has 0 unspecified atom stereocenters. The average molecular weight is 258 g/mol. The van der Waals surface area contributed by atoms with Crippen LogP contribution in [-0.4, -0.2) is 17.8 Å². The summed E-state index contributed by atoms with van der Waals surface area (Å²) in [6, 6.07) is 8.30. The van der Waals surface area contributed by atoms with E-state index in [0.29, 0.717) is 17.8 Å². The highest BCUT2D eigenvalue weighted by Gasteiger charge is 2.16. The number of aromatic nitrogens is 1. The van der Waals surface area contributed by atoms with E-state index >= 15 is 0 Å². The molecule has 0 saturated heterocycles. The van der Waals surface area contributed by atoms with Crippen LogP contribution in [0.3, 0.4) is 0 Å². The Morgan fingerprint density at radius 3 is 2.74 bits per heavy atom. The number of benzene rings is 1. The number of halogens is 1. The highest BCUT2D eigenvalue weighted by atomic mass is 19.1. The van der Waals surface area contributed by atoms with Gasteiger partial charge in [0.15, 0.2) is 5.78 Å². The average Bonchev–Trinajstić information content (AvgIpc) is 2.39. The summed E-state index contributed by atoms with van der Waals surface area (Å²) in [7, 11) is 1.76. The number of nitrogens with zero attached hydrogens (tertiary/aromatic N) is 2. The summed E-state index contributed by atoms with van der Waals surface area (Å²) < 4.78 is 14.0. The van der Waals surface area contributed by atoms with E-state index in [1.807, 2.05) is 12.1 Å². The number of Topliss-reactive ketones (excluding diaryl/α,β-unsaturated/α-hetero) is 1. The first kappa shape index (κ1) is 13.2. The molecule has 0 N–H and O–H groups in total. The molecule has 2 aromatic rings. The second kappa shape index (κ2) is 5.61. The van der Waals surface area contributed by atoms with Gasteiger partial charge in [0.1, 0.15) is 5.82 Å². The third kappa shape index (κ3) is 2.96. The molecular weight excluding hydrogens is 243 g/mol. The Balaban J connectivity index is 2.33.